The zero-order chi connectivity index (χ0) is 19.2. The minimum atomic E-state index is 0.0564. The van der Waals surface area contributed by atoms with Crippen molar-refractivity contribution in [3.05, 3.63) is 52.9 Å². The van der Waals surface area contributed by atoms with Crippen molar-refractivity contribution in [3.63, 3.8) is 0 Å². The van der Waals surface area contributed by atoms with Crippen LogP contribution in [0.3, 0.4) is 0 Å². The summed E-state index contributed by atoms with van der Waals surface area (Å²) < 4.78 is 10.7. The Balaban J connectivity index is 1.49. The first-order valence-electron chi connectivity index (χ1n) is 9.40. The number of piperazine rings is 1. The predicted octanol–water partition coefficient (Wildman–Crippen LogP) is 3.05. The molecule has 0 N–H and O–H groups in total. The van der Waals surface area contributed by atoms with Gasteiger partial charge in [0.25, 0.3) is 0 Å². The first kappa shape index (κ1) is 19.2. The summed E-state index contributed by atoms with van der Waals surface area (Å²) in [5.41, 5.74) is 3.10. The molecule has 0 saturated carbocycles. The molecule has 0 aliphatic carbocycles. The van der Waals surface area contributed by atoms with Crippen molar-refractivity contribution in [3.8, 4) is 5.75 Å². The van der Waals surface area contributed by atoms with Crippen molar-refractivity contribution >= 4 is 12.0 Å². The quantitative estimate of drug-likeness (QED) is 0.733. The van der Waals surface area contributed by atoms with Gasteiger partial charge in [-0.25, -0.2) is 0 Å². The molecule has 0 radical (unpaired) electrons. The summed E-state index contributed by atoms with van der Waals surface area (Å²) in [5, 5.41) is 4.01. The Morgan fingerprint density at radius 2 is 1.89 bits per heavy atom. The number of rotatable bonds is 6. The molecular weight excluding hydrogens is 342 g/mol. The zero-order valence-corrected chi connectivity index (χ0v) is 16.3. The van der Waals surface area contributed by atoms with Crippen molar-refractivity contribution in [2.24, 2.45) is 0 Å². The number of hydrogen-bond acceptors (Lipinski definition) is 5. The Bertz CT molecular complexity index is 768. The number of aryl methyl sites for hydroxylation is 2. The van der Waals surface area contributed by atoms with E-state index in [0.717, 1.165) is 61.1 Å². The maximum Gasteiger partial charge on any atom is 0.246 e. The molecule has 3 rings (SSSR count). The third kappa shape index (κ3) is 4.98. The summed E-state index contributed by atoms with van der Waals surface area (Å²) in [5.74, 6) is 1.78. The molecule has 2 aromatic rings. The van der Waals surface area contributed by atoms with Crippen molar-refractivity contribution in [2.45, 2.75) is 27.3 Å². The molecule has 6 nitrogen and oxygen atoms in total. The maximum atomic E-state index is 12.4. The van der Waals surface area contributed by atoms with E-state index in [2.05, 4.69) is 10.1 Å². The highest BCUT2D eigenvalue weighted by Gasteiger charge is 2.21. The number of amides is 1. The van der Waals surface area contributed by atoms with Gasteiger partial charge in [0.05, 0.1) is 12.3 Å². The average Bonchev–Trinajstić information content (AvgIpc) is 3.00. The van der Waals surface area contributed by atoms with Crippen LogP contribution in [0.15, 0.2) is 34.9 Å². The Labute approximate surface area is 160 Å². The first-order chi connectivity index (χ1) is 13.1. The van der Waals surface area contributed by atoms with Crippen molar-refractivity contribution in [2.75, 3.05) is 32.8 Å². The highest BCUT2D eigenvalue weighted by atomic mass is 16.5. The van der Waals surface area contributed by atoms with Crippen molar-refractivity contribution in [1.82, 2.24) is 15.0 Å². The summed E-state index contributed by atoms with van der Waals surface area (Å²) in [6.07, 6.45) is 3.51. The van der Waals surface area contributed by atoms with Crippen LogP contribution in [0, 0.1) is 13.8 Å². The Hall–Kier alpha value is -2.60. The van der Waals surface area contributed by atoms with Crippen LogP contribution in [0.4, 0.5) is 0 Å². The minimum Gasteiger partial charge on any atom is -0.494 e. The van der Waals surface area contributed by atoms with Gasteiger partial charge in [0.1, 0.15) is 11.5 Å². The van der Waals surface area contributed by atoms with Crippen LogP contribution in [0.5, 0.6) is 5.75 Å². The lowest BCUT2D eigenvalue weighted by molar-refractivity contribution is -0.127. The molecule has 1 aliphatic heterocycles. The number of benzene rings is 1. The molecule has 0 bridgehead atoms. The van der Waals surface area contributed by atoms with Gasteiger partial charge < -0.3 is 14.2 Å². The summed E-state index contributed by atoms with van der Waals surface area (Å²) >= 11 is 0. The van der Waals surface area contributed by atoms with E-state index in [1.807, 2.05) is 56.0 Å². The Kier molecular flexibility index (Phi) is 6.29. The lowest BCUT2D eigenvalue weighted by Gasteiger charge is -2.34. The van der Waals surface area contributed by atoms with Crippen LogP contribution in [0.1, 0.15) is 29.5 Å². The molecule has 0 unspecified atom stereocenters. The van der Waals surface area contributed by atoms with Gasteiger partial charge in [-0.05, 0) is 44.5 Å². The van der Waals surface area contributed by atoms with E-state index >= 15 is 0 Å². The fraction of sp³-hybridized carbons (Fsp3) is 0.429. The van der Waals surface area contributed by atoms with Crippen LogP contribution in [-0.4, -0.2) is 53.6 Å². The molecule has 1 fully saturated rings. The summed E-state index contributed by atoms with van der Waals surface area (Å²) in [4.78, 5) is 16.7. The first-order valence-corrected chi connectivity index (χ1v) is 9.40. The third-order valence-electron chi connectivity index (χ3n) is 4.86. The molecule has 1 aromatic carbocycles. The molecule has 1 aliphatic rings. The number of ether oxygens (including phenoxy) is 1. The molecule has 0 atom stereocenters. The minimum absolute atomic E-state index is 0.0564. The molecule has 6 heteroatoms. The van der Waals surface area contributed by atoms with Crippen LogP contribution in [0.2, 0.25) is 0 Å². The standard InChI is InChI=1S/C21H27N3O3/c1-4-26-19-8-5-18(6-9-19)7-10-21(25)24-13-11-23(12-14-24)15-20-16(2)22-27-17(20)3/h5-10H,4,11-15H2,1-3H3/b10-7+. The largest absolute Gasteiger partial charge is 0.494 e. The molecule has 144 valence electrons. The molecule has 2 heterocycles. The van der Waals surface area contributed by atoms with E-state index in [1.165, 1.54) is 0 Å². The Morgan fingerprint density at radius 1 is 1.19 bits per heavy atom. The van der Waals surface area contributed by atoms with Gasteiger partial charge in [-0.3, -0.25) is 9.69 Å². The van der Waals surface area contributed by atoms with Gasteiger partial charge in [0, 0.05) is 44.4 Å². The number of carbonyl (C=O) groups is 1. The van der Waals surface area contributed by atoms with E-state index < -0.39 is 0 Å². The SMILES string of the molecule is CCOc1ccc(/C=C/C(=O)N2CCN(Cc3c(C)noc3C)CC2)cc1. The fourth-order valence-electron chi connectivity index (χ4n) is 3.19. The van der Waals surface area contributed by atoms with Gasteiger partial charge in [-0.1, -0.05) is 17.3 Å². The lowest BCUT2D eigenvalue weighted by atomic mass is 10.1. The van der Waals surface area contributed by atoms with Crippen LogP contribution in [0.25, 0.3) is 6.08 Å². The highest BCUT2D eigenvalue weighted by Crippen LogP contribution is 2.17. The maximum absolute atomic E-state index is 12.4. The smallest absolute Gasteiger partial charge is 0.246 e. The second kappa shape index (κ2) is 8.86. The predicted molar refractivity (Wildman–Crippen MR) is 104 cm³/mol. The average molecular weight is 369 g/mol. The lowest BCUT2D eigenvalue weighted by Crippen LogP contribution is -2.47. The van der Waals surface area contributed by atoms with Gasteiger partial charge in [0.15, 0.2) is 0 Å². The normalized spacial score (nSPS) is 15.4. The second-order valence-electron chi connectivity index (χ2n) is 6.74. The number of carbonyl (C=O) groups excluding carboxylic acids is 1. The molecule has 1 amide bonds. The van der Waals surface area contributed by atoms with Crippen molar-refractivity contribution in [1.29, 1.82) is 0 Å². The molecular formula is C21H27N3O3. The summed E-state index contributed by atoms with van der Waals surface area (Å²) in [7, 11) is 0. The highest BCUT2D eigenvalue weighted by molar-refractivity contribution is 5.91. The van der Waals surface area contributed by atoms with E-state index in [0.29, 0.717) is 6.61 Å². The molecule has 27 heavy (non-hydrogen) atoms. The number of hydrogen-bond donors (Lipinski definition) is 0. The van der Waals surface area contributed by atoms with Crippen LogP contribution >= 0.6 is 0 Å². The van der Waals surface area contributed by atoms with Gasteiger partial charge in [0.2, 0.25) is 5.91 Å². The number of nitrogens with zero attached hydrogens (tertiary/aromatic N) is 3. The second-order valence-corrected chi connectivity index (χ2v) is 6.74. The topological polar surface area (TPSA) is 58.8 Å². The summed E-state index contributed by atoms with van der Waals surface area (Å²) in [6, 6.07) is 7.74. The van der Waals surface area contributed by atoms with E-state index in [4.69, 9.17) is 9.26 Å². The molecule has 0 spiro atoms. The van der Waals surface area contributed by atoms with Crippen LogP contribution in [-0.2, 0) is 11.3 Å². The van der Waals surface area contributed by atoms with E-state index in [-0.39, 0.29) is 5.91 Å². The van der Waals surface area contributed by atoms with Crippen molar-refractivity contribution < 1.29 is 14.1 Å². The molecule has 1 saturated heterocycles. The van der Waals surface area contributed by atoms with E-state index in [1.54, 1.807) is 6.08 Å². The third-order valence-corrected chi connectivity index (χ3v) is 4.86. The van der Waals surface area contributed by atoms with Gasteiger partial charge >= 0.3 is 0 Å². The van der Waals surface area contributed by atoms with E-state index in [9.17, 15) is 4.79 Å². The monoisotopic (exact) mass is 369 g/mol. The van der Waals surface area contributed by atoms with Gasteiger partial charge in [-0.15, -0.1) is 0 Å². The van der Waals surface area contributed by atoms with Crippen LogP contribution < -0.4 is 4.74 Å². The summed E-state index contributed by atoms with van der Waals surface area (Å²) in [6.45, 7) is 10.5. The zero-order valence-electron chi connectivity index (χ0n) is 16.3. The van der Waals surface area contributed by atoms with Gasteiger partial charge in [-0.2, -0.15) is 0 Å². The fourth-order valence-corrected chi connectivity index (χ4v) is 3.19. The molecule has 1 aromatic heterocycles. The Morgan fingerprint density at radius 3 is 2.48 bits per heavy atom. The number of aromatic nitrogens is 1.